The second-order valence-electron chi connectivity index (χ2n) is 6.60. The van der Waals surface area contributed by atoms with Crippen LogP contribution in [0.2, 0.25) is 0 Å². The summed E-state index contributed by atoms with van der Waals surface area (Å²) in [5.74, 6) is 0.387. The number of non-ortho nitro benzene ring substituents is 1. The number of hydrogen-bond acceptors (Lipinski definition) is 5. The third kappa shape index (κ3) is 4.58. The van der Waals surface area contributed by atoms with E-state index in [1.54, 1.807) is 0 Å². The van der Waals surface area contributed by atoms with Crippen molar-refractivity contribution in [3.8, 4) is 5.75 Å². The number of carbonyl (C=O) groups excluding carboxylic acids is 1. The number of amides is 1. The Morgan fingerprint density at radius 1 is 1.32 bits per heavy atom. The Morgan fingerprint density at radius 2 is 2.11 bits per heavy atom. The molecule has 0 saturated carbocycles. The number of fused-ring (bicyclic) bond motifs is 1. The fraction of sp³-hybridized carbons (Fsp3) is 0.250. The van der Waals surface area contributed by atoms with Crippen LogP contribution in [-0.4, -0.2) is 17.6 Å². The Labute approximate surface area is 170 Å². The summed E-state index contributed by atoms with van der Waals surface area (Å²) in [6.45, 7) is 4.37. The summed E-state index contributed by atoms with van der Waals surface area (Å²) >= 11 is 3.44. The molecule has 7 nitrogen and oxygen atoms in total. The number of nitro benzene ring substituents is 1. The molecular formula is C20H19BrN2O5. The van der Waals surface area contributed by atoms with E-state index < -0.39 is 4.92 Å². The summed E-state index contributed by atoms with van der Waals surface area (Å²) in [6, 6.07) is 8.46. The normalized spacial score (nSPS) is 13.3. The lowest BCUT2D eigenvalue weighted by Gasteiger charge is -2.19. The summed E-state index contributed by atoms with van der Waals surface area (Å²) in [6.07, 6.45) is 2.85. The van der Waals surface area contributed by atoms with Gasteiger partial charge in [0.05, 0.1) is 11.5 Å². The zero-order valence-corrected chi connectivity index (χ0v) is 17.0. The van der Waals surface area contributed by atoms with Crippen LogP contribution in [0.4, 0.5) is 11.4 Å². The number of halogens is 1. The van der Waals surface area contributed by atoms with Crippen LogP contribution in [0.25, 0.3) is 6.08 Å². The summed E-state index contributed by atoms with van der Waals surface area (Å²) < 4.78 is 11.6. The van der Waals surface area contributed by atoms with E-state index in [0.29, 0.717) is 16.9 Å². The van der Waals surface area contributed by atoms with E-state index in [1.165, 1.54) is 24.3 Å². The number of anilines is 1. The number of rotatable bonds is 5. The lowest BCUT2D eigenvalue weighted by atomic mass is 10.0. The van der Waals surface area contributed by atoms with Gasteiger partial charge < -0.3 is 14.8 Å². The largest absolute Gasteiger partial charge is 0.467 e. The van der Waals surface area contributed by atoms with Crippen LogP contribution in [0, 0.1) is 10.1 Å². The van der Waals surface area contributed by atoms with Crippen LogP contribution in [0.3, 0.4) is 0 Å². The molecule has 0 aromatic heterocycles. The molecule has 1 N–H and O–H groups in total. The quantitative estimate of drug-likeness (QED) is 0.396. The van der Waals surface area contributed by atoms with Gasteiger partial charge in [-0.2, -0.15) is 0 Å². The van der Waals surface area contributed by atoms with Gasteiger partial charge in [0.2, 0.25) is 5.91 Å². The van der Waals surface area contributed by atoms with Crippen molar-refractivity contribution in [2.45, 2.75) is 26.4 Å². The minimum Gasteiger partial charge on any atom is -0.467 e. The van der Waals surface area contributed by atoms with Gasteiger partial charge in [0.15, 0.2) is 6.79 Å². The number of benzene rings is 2. The van der Waals surface area contributed by atoms with Crippen molar-refractivity contribution in [1.29, 1.82) is 0 Å². The standard InChI is InChI=1S/C20H19BrN2O5/c1-12(2)17-9-15(21)4-5-18(17)22-19(24)6-3-13-7-16(23(25)26)8-14-10-27-11-28-20(13)14/h3-9,12H,10-11H2,1-2H3,(H,22,24). The molecule has 1 heterocycles. The van der Waals surface area contributed by atoms with Gasteiger partial charge in [-0.15, -0.1) is 0 Å². The molecule has 8 heteroatoms. The Morgan fingerprint density at radius 3 is 2.82 bits per heavy atom. The maximum absolute atomic E-state index is 12.4. The molecule has 0 fully saturated rings. The van der Waals surface area contributed by atoms with Crippen LogP contribution >= 0.6 is 15.9 Å². The van der Waals surface area contributed by atoms with Crippen molar-refractivity contribution in [2.24, 2.45) is 0 Å². The molecule has 0 radical (unpaired) electrons. The first-order valence-electron chi connectivity index (χ1n) is 8.65. The van der Waals surface area contributed by atoms with Crippen molar-refractivity contribution >= 4 is 39.3 Å². The third-order valence-electron chi connectivity index (χ3n) is 4.24. The Kier molecular flexibility index (Phi) is 6.11. The number of nitrogens with zero attached hydrogens (tertiary/aromatic N) is 1. The maximum Gasteiger partial charge on any atom is 0.270 e. The fourth-order valence-electron chi connectivity index (χ4n) is 2.93. The van der Waals surface area contributed by atoms with E-state index in [-0.39, 0.29) is 30.9 Å². The highest BCUT2D eigenvalue weighted by molar-refractivity contribution is 9.10. The van der Waals surface area contributed by atoms with Crippen LogP contribution < -0.4 is 10.1 Å². The maximum atomic E-state index is 12.4. The van der Waals surface area contributed by atoms with Gasteiger partial charge in [0, 0.05) is 39.5 Å². The first-order valence-corrected chi connectivity index (χ1v) is 9.45. The van der Waals surface area contributed by atoms with E-state index in [4.69, 9.17) is 9.47 Å². The Hall–Kier alpha value is -2.71. The Balaban J connectivity index is 1.85. The van der Waals surface area contributed by atoms with Gasteiger partial charge in [-0.1, -0.05) is 29.8 Å². The molecule has 28 heavy (non-hydrogen) atoms. The van der Waals surface area contributed by atoms with Gasteiger partial charge >= 0.3 is 0 Å². The van der Waals surface area contributed by atoms with Crippen molar-refractivity contribution in [3.63, 3.8) is 0 Å². The molecule has 0 unspecified atom stereocenters. The first kappa shape index (κ1) is 20.0. The van der Waals surface area contributed by atoms with Crippen molar-refractivity contribution < 1.29 is 19.2 Å². The van der Waals surface area contributed by atoms with Gasteiger partial charge in [-0.3, -0.25) is 14.9 Å². The van der Waals surface area contributed by atoms with Crippen LogP contribution in [0.1, 0.15) is 36.5 Å². The van der Waals surface area contributed by atoms with Crippen molar-refractivity contribution in [2.75, 3.05) is 12.1 Å². The average Bonchev–Trinajstić information content (AvgIpc) is 2.67. The monoisotopic (exact) mass is 446 g/mol. The minimum atomic E-state index is -0.483. The van der Waals surface area contributed by atoms with E-state index in [2.05, 4.69) is 21.2 Å². The molecule has 3 rings (SSSR count). The SMILES string of the molecule is CC(C)c1cc(Br)ccc1NC(=O)C=Cc1cc([N+](=O)[O-])cc2c1OCOC2. The number of carbonyl (C=O) groups is 1. The molecule has 1 aliphatic heterocycles. The number of nitro groups is 1. The number of ether oxygens (including phenoxy) is 2. The van der Waals surface area contributed by atoms with Crippen molar-refractivity contribution in [1.82, 2.24) is 0 Å². The summed E-state index contributed by atoms with van der Waals surface area (Å²) in [5.41, 5.74) is 2.68. The molecule has 0 bridgehead atoms. The van der Waals surface area contributed by atoms with E-state index in [9.17, 15) is 14.9 Å². The predicted molar refractivity (Wildman–Crippen MR) is 109 cm³/mol. The average molecular weight is 447 g/mol. The summed E-state index contributed by atoms with van der Waals surface area (Å²) in [4.78, 5) is 23.1. The molecule has 2 aromatic carbocycles. The minimum absolute atomic E-state index is 0.0640. The molecule has 0 spiro atoms. The van der Waals surface area contributed by atoms with E-state index in [1.807, 2.05) is 32.0 Å². The highest BCUT2D eigenvalue weighted by Gasteiger charge is 2.20. The summed E-state index contributed by atoms with van der Waals surface area (Å²) in [5, 5.41) is 14.0. The first-order chi connectivity index (χ1) is 13.3. The van der Waals surface area contributed by atoms with Crippen LogP contribution in [0.15, 0.2) is 40.9 Å². The van der Waals surface area contributed by atoms with Crippen LogP contribution in [-0.2, 0) is 16.1 Å². The van der Waals surface area contributed by atoms with Crippen LogP contribution in [0.5, 0.6) is 5.75 Å². The zero-order valence-electron chi connectivity index (χ0n) is 15.4. The van der Waals surface area contributed by atoms with Gasteiger partial charge in [-0.05, 0) is 35.8 Å². The van der Waals surface area contributed by atoms with Gasteiger partial charge in [0.1, 0.15) is 5.75 Å². The third-order valence-corrected chi connectivity index (χ3v) is 4.74. The summed E-state index contributed by atoms with van der Waals surface area (Å²) in [7, 11) is 0. The Bertz CT molecular complexity index is 956. The predicted octanol–water partition coefficient (Wildman–Crippen LogP) is 5.00. The van der Waals surface area contributed by atoms with E-state index in [0.717, 1.165) is 15.7 Å². The number of nitrogens with one attached hydrogen (secondary N) is 1. The van der Waals surface area contributed by atoms with Gasteiger partial charge in [-0.25, -0.2) is 0 Å². The molecule has 0 atom stereocenters. The molecule has 2 aromatic rings. The topological polar surface area (TPSA) is 90.7 Å². The highest BCUT2D eigenvalue weighted by atomic mass is 79.9. The molecule has 1 aliphatic rings. The molecule has 146 valence electrons. The van der Waals surface area contributed by atoms with Crippen molar-refractivity contribution in [3.05, 3.63) is 67.7 Å². The molecule has 1 amide bonds. The second-order valence-corrected chi connectivity index (χ2v) is 7.52. The highest BCUT2D eigenvalue weighted by Crippen LogP contribution is 2.33. The molecule has 0 saturated heterocycles. The lowest BCUT2D eigenvalue weighted by Crippen LogP contribution is -2.13. The molecular weight excluding hydrogens is 428 g/mol. The second kappa shape index (κ2) is 8.53. The van der Waals surface area contributed by atoms with Gasteiger partial charge in [0.25, 0.3) is 5.69 Å². The number of hydrogen-bond donors (Lipinski definition) is 1. The van der Waals surface area contributed by atoms with E-state index >= 15 is 0 Å². The molecule has 0 aliphatic carbocycles. The fourth-order valence-corrected chi connectivity index (χ4v) is 3.30. The smallest absolute Gasteiger partial charge is 0.270 e. The zero-order chi connectivity index (χ0) is 20.3. The lowest BCUT2D eigenvalue weighted by molar-refractivity contribution is -0.385.